The number of anilines is 1. The summed E-state index contributed by atoms with van der Waals surface area (Å²) in [6, 6.07) is 7.13. The fraction of sp³-hybridized carbons (Fsp3) is 0.0769. The van der Waals surface area contributed by atoms with Crippen LogP contribution in [0.5, 0.6) is 0 Å². The number of halogens is 4. The summed E-state index contributed by atoms with van der Waals surface area (Å²) in [5, 5.41) is 1.39. The predicted octanol–water partition coefficient (Wildman–Crippen LogP) is 5.86. The first-order valence-corrected chi connectivity index (χ1v) is 6.62. The number of rotatable bonds is 1. The van der Waals surface area contributed by atoms with Crippen LogP contribution in [0, 0.1) is 6.92 Å². The molecule has 0 fully saturated rings. The third-order valence-electron chi connectivity index (χ3n) is 2.59. The first-order chi connectivity index (χ1) is 8.41. The summed E-state index contributed by atoms with van der Waals surface area (Å²) in [6.07, 6.45) is 0. The number of aryl methyl sites for hydroxylation is 1. The van der Waals surface area contributed by atoms with Crippen LogP contribution < -0.4 is 5.73 Å². The van der Waals surface area contributed by atoms with E-state index in [1.165, 1.54) is 6.07 Å². The largest absolute Gasteiger partial charge is 0.398 e. The molecular formula is C13H9Cl4N. The van der Waals surface area contributed by atoms with Crippen molar-refractivity contribution in [2.24, 2.45) is 0 Å². The average molecular weight is 321 g/mol. The van der Waals surface area contributed by atoms with Crippen molar-refractivity contribution in [2.75, 3.05) is 5.73 Å². The molecule has 1 nitrogen and oxygen atoms in total. The smallest absolute Gasteiger partial charge is 0.0687 e. The summed E-state index contributed by atoms with van der Waals surface area (Å²) < 4.78 is 0. The predicted molar refractivity (Wildman–Crippen MR) is 81.1 cm³/mol. The van der Waals surface area contributed by atoms with E-state index >= 15 is 0 Å². The number of hydrogen-bond acceptors (Lipinski definition) is 1. The number of nitrogens with two attached hydrogens (primary N) is 1. The summed E-state index contributed by atoms with van der Waals surface area (Å²) in [7, 11) is 0. The van der Waals surface area contributed by atoms with Gasteiger partial charge in [-0.1, -0.05) is 58.5 Å². The van der Waals surface area contributed by atoms with E-state index < -0.39 is 0 Å². The third kappa shape index (κ3) is 2.41. The van der Waals surface area contributed by atoms with E-state index in [1.807, 2.05) is 25.1 Å². The highest BCUT2D eigenvalue weighted by molar-refractivity contribution is 6.50. The van der Waals surface area contributed by atoms with Gasteiger partial charge in [-0.3, -0.25) is 0 Å². The van der Waals surface area contributed by atoms with Crippen molar-refractivity contribution in [1.29, 1.82) is 0 Å². The van der Waals surface area contributed by atoms with E-state index in [0.717, 1.165) is 11.1 Å². The van der Waals surface area contributed by atoms with Gasteiger partial charge in [-0.25, -0.2) is 0 Å². The molecule has 0 heterocycles. The Morgan fingerprint density at radius 2 is 1.44 bits per heavy atom. The zero-order valence-corrected chi connectivity index (χ0v) is 12.4. The maximum absolute atomic E-state index is 6.19. The summed E-state index contributed by atoms with van der Waals surface area (Å²) in [5.41, 5.74) is 8.91. The van der Waals surface area contributed by atoms with Crippen molar-refractivity contribution in [3.63, 3.8) is 0 Å². The highest BCUT2D eigenvalue weighted by Gasteiger charge is 2.17. The van der Waals surface area contributed by atoms with Crippen LogP contribution in [0.2, 0.25) is 20.1 Å². The maximum atomic E-state index is 6.19. The minimum atomic E-state index is 0.348. The molecular weight excluding hydrogens is 312 g/mol. The van der Waals surface area contributed by atoms with Gasteiger partial charge in [0.25, 0.3) is 0 Å². The molecule has 2 aromatic rings. The Morgan fingerprint density at radius 3 is 1.94 bits per heavy atom. The van der Waals surface area contributed by atoms with Crippen LogP contribution in [0.15, 0.2) is 24.3 Å². The second-order valence-corrected chi connectivity index (χ2v) is 5.50. The molecule has 18 heavy (non-hydrogen) atoms. The van der Waals surface area contributed by atoms with Crippen LogP contribution in [0.25, 0.3) is 11.1 Å². The summed E-state index contributed by atoms with van der Waals surface area (Å²) in [5.74, 6) is 0. The second-order valence-electron chi connectivity index (χ2n) is 3.93. The summed E-state index contributed by atoms with van der Waals surface area (Å²) in [6.45, 7) is 1.95. The highest BCUT2D eigenvalue weighted by atomic mass is 35.5. The summed E-state index contributed by atoms with van der Waals surface area (Å²) in [4.78, 5) is 0. The molecule has 0 aromatic heterocycles. The Hall–Kier alpha value is -0.600. The SMILES string of the molecule is Cc1ccc(-c2c(Cl)c(Cl)cc(Cl)c2Cl)c(N)c1. The Bertz CT molecular complexity index is 597. The van der Waals surface area contributed by atoms with E-state index in [0.29, 0.717) is 31.3 Å². The average Bonchev–Trinajstić information content (AvgIpc) is 2.29. The van der Waals surface area contributed by atoms with Gasteiger partial charge in [-0.15, -0.1) is 0 Å². The molecule has 0 saturated carbocycles. The van der Waals surface area contributed by atoms with Gasteiger partial charge in [-0.2, -0.15) is 0 Å². The van der Waals surface area contributed by atoms with Gasteiger partial charge in [0.05, 0.1) is 20.1 Å². The Kier molecular flexibility index (Phi) is 3.98. The van der Waals surface area contributed by atoms with E-state index in [9.17, 15) is 0 Å². The molecule has 2 N–H and O–H groups in total. The zero-order valence-electron chi connectivity index (χ0n) is 9.40. The van der Waals surface area contributed by atoms with E-state index in [1.54, 1.807) is 0 Å². The van der Waals surface area contributed by atoms with Gasteiger partial charge in [0.1, 0.15) is 0 Å². The highest BCUT2D eigenvalue weighted by Crippen LogP contribution is 2.44. The van der Waals surface area contributed by atoms with Gasteiger partial charge >= 0.3 is 0 Å². The molecule has 94 valence electrons. The Morgan fingerprint density at radius 1 is 0.889 bits per heavy atom. The van der Waals surface area contributed by atoms with E-state index in [4.69, 9.17) is 52.1 Å². The fourth-order valence-electron chi connectivity index (χ4n) is 1.72. The van der Waals surface area contributed by atoms with Crippen molar-refractivity contribution in [3.05, 3.63) is 49.9 Å². The number of benzene rings is 2. The monoisotopic (exact) mass is 319 g/mol. The van der Waals surface area contributed by atoms with Crippen LogP contribution in [-0.4, -0.2) is 0 Å². The minimum Gasteiger partial charge on any atom is -0.398 e. The first kappa shape index (κ1) is 13.8. The van der Waals surface area contributed by atoms with Crippen LogP contribution in [0.4, 0.5) is 5.69 Å². The molecule has 0 unspecified atom stereocenters. The summed E-state index contributed by atoms with van der Waals surface area (Å²) >= 11 is 24.4. The van der Waals surface area contributed by atoms with Gasteiger partial charge in [0.2, 0.25) is 0 Å². The molecule has 0 radical (unpaired) electrons. The van der Waals surface area contributed by atoms with Crippen molar-refractivity contribution in [1.82, 2.24) is 0 Å². The van der Waals surface area contributed by atoms with Crippen molar-refractivity contribution >= 4 is 52.1 Å². The topological polar surface area (TPSA) is 26.0 Å². The van der Waals surface area contributed by atoms with E-state index in [2.05, 4.69) is 0 Å². The van der Waals surface area contributed by atoms with Gasteiger partial charge in [0, 0.05) is 16.8 Å². The molecule has 2 aromatic carbocycles. The van der Waals surface area contributed by atoms with E-state index in [-0.39, 0.29) is 0 Å². The minimum absolute atomic E-state index is 0.348. The van der Waals surface area contributed by atoms with Crippen LogP contribution in [0.1, 0.15) is 5.56 Å². The lowest BCUT2D eigenvalue weighted by atomic mass is 10.0. The van der Waals surface area contributed by atoms with Gasteiger partial charge in [0.15, 0.2) is 0 Å². The molecule has 2 rings (SSSR count). The molecule has 0 spiro atoms. The molecule has 0 amide bonds. The molecule has 0 bridgehead atoms. The number of hydrogen-bond donors (Lipinski definition) is 1. The van der Waals surface area contributed by atoms with Gasteiger partial charge in [-0.05, 0) is 24.6 Å². The van der Waals surface area contributed by atoms with Crippen LogP contribution in [-0.2, 0) is 0 Å². The lowest BCUT2D eigenvalue weighted by Crippen LogP contribution is -1.93. The zero-order chi connectivity index (χ0) is 13.4. The molecule has 0 aliphatic heterocycles. The lowest BCUT2D eigenvalue weighted by molar-refractivity contribution is 1.47. The number of nitrogen functional groups attached to an aromatic ring is 1. The standard InChI is InChI=1S/C13H9Cl4N/c1-6-2-3-7(10(18)4-6)11-12(16)8(14)5-9(15)13(11)17/h2-5H,18H2,1H3. The molecule has 0 aliphatic carbocycles. The van der Waals surface area contributed by atoms with Crippen LogP contribution in [0.3, 0.4) is 0 Å². The van der Waals surface area contributed by atoms with Crippen LogP contribution >= 0.6 is 46.4 Å². The second kappa shape index (κ2) is 5.18. The van der Waals surface area contributed by atoms with Crippen molar-refractivity contribution < 1.29 is 0 Å². The molecule has 5 heteroatoms. The van der Waals surface area contributed by atoms with Crippen molar-refractivity contribution in [2.45, 2.75) is 6.92 Å². The van der Waals surface area contributed by atoms with Gasteiger partial charge < -0.3 is 5.73 Å². The Balaban J connectivity index is 2.78. The fourth-order valence-corrected chi connectivity index (χ4v) is 2.73. The first-order valence-electron chi connectivity index (χ1n) is 5.11. The van der Waals surface area contributed by atoms with Crippen molar-refractivity contribution in [3.8, 4) is 11.1 Å². The molecule has 0 atom stereocenters. The lowest BCUT2D eigenvalue weighted by Gasteiger charge is -2.13. The Labute approximate surface area is 125 Å². The molecule has 0 saturated heterocycles. The molecule has 0 aliphatic rings. The maximum Gasteiger partial charge on any atom is 0.0687 e. The normalized spacial score (nSPS) is 10.7. The quantitative estimate of drug-likeness (QED) is 0.517. The third-order valence-corrected chi connectivity index (χ3v) is 4.16.